The van der Waals surface area contributed by atoms with Crippen molar-refractivity contribution >= 4 is 33.2 Å². The number of carbonyl (C=O) groups excluding carboxylic acids is 1. The highest BCUT2D eigenvalue weighted by atomic mass is 35.5. The number of ether oxygens (including phenoxy) is 1. The number of sulfonamides is 1. The summed E-state index contributed by atoms with van der Waals surface area (Å²) < 4.78 is 30.6. The standard InChI is InChI=1S/C19H23ClN2O4S/c1-26-18-11-10-16(20)13-17(18)22(27(2,24)25)14-19(23)21-12-6-9-15-7-4-3-5-8-15/h3-5,7-8,10-11,13H,6,9,12,14H2,1-2H3,(H,21,23). The van der Waals surface area contributed by atoms with Gasteiger partial charge in [0, 0.05) is 11.6 Å². The van der Waals surface area contributed by atoms with Crippen molar-refractivity contribution in [2.75, 3.05) is 30.8 Å². The summed E-state index contributed by atoms with van der Waals surface area (Å²) in [6.07, 6.45) is 2.63. The second kappa shape index (κ2) is 9.62. The fourth-order valence-corrected chi connectivity index (χ4v) is 3.61. The van der Waals surface area contributed by atoms with Gasteiger partial charge in [-0.2, -0.15) is 0 Å². The van der Waals surface area contributed by atoms with Crippen molar-refractivity contribution in [3.63, 3.8) is 0 Å². The Bertz CT molecular complexity index is 873. The van der Waals surface area contributed by atoms with E-state index in [1.165, 1.54) is 18.7 Å². The van der Waals surface area contributed by atoms with E-state index in [9.17, 15) is 13.2 Å². The summed E-state index contributed by atoms with van der Waals surface area (Å²) in [7, 11) is -2.27. The number of nitrogens with one attached hydrogen (secondary N) is 1. The Morgan fingerprint density at radius 1 is 1.19 bits per heavy atom. The van der Waals surface area contributed by atoms with Gasteiger partial charge in [0.2, 0.25) is 15.9 Å². The normalized spacial score (nSPS) is 11.1. The number of halogens is 1. The summed E-state index contributed by atoms with van der Waals surface area (Å²) in [5.74, 6) is -0.0720. The second-order valence-electron chi connectivity index (χ2n) is 6.02. The van der Waals surface area contributed by atoms with Gasteiger partial charge in [-0.15, -0.1) is 0 Å². The zero-order chi connectivity index (χ0) is 19.9. The molecule has 8 heteroatoms. The van der Waals surface area contributed by atoms with Crippen molar-refractivity contribution in [3.8, 4) is 5.75 Å². The van der Waals surface area contributed by atoms with Crippen LogP contribution in [0.1, 0.15) is 12.0 Å². The van der Waals surface area contributed by atoms with Crippen LogP contribution in [0.4, 0.5) is 5.69 Å². The molecule has 0 fully saturated rings. The quantitative estimate of drug-likeness (QED) is 0.645. The van der Waals surface area contributed by atoms with Crippen molar-refractivity contribution in [2.45, 2.75) is 12.8 Å². The van der Waals surface area contributed by atoms with Crippen LogP contribution in [-0.4, -0.2) is 40.8 Å². The first-order valence-electron chi connectivity index (χ1n) is 8.43. The Morgan fingerprint density at radius 3 is 2.52 bits per heavy atom. The van der Waals surface area contributed by atoms with E-state index in [0.717, 1.165) is 23.4 Å². The maximum Gasteiger partial charge on any atom is 0.240 e. The van der Waals surface area contributed by atoms with Crippen molar-refractivity contribution in [1.82, 2.24) is 5.32 Å². The van der Waals surface area contributed by atoms with Crippen LogP contribution in [0.5, 0.6) is 5.75 Å². The lowest BCUT2D eigenvalue weighted by Gasteiger charge is -2.24. The van der Waals surface area contributed by atoms with Crippen LogP contribution >= 0.6 is 11.6 Å². The molecule has 0 aliphatic rings. The molecule has 0 bridgehead atoms. The van der Waals surface area contributed by atoms with E-state index in [1.54, 1.807) is 12.1 Å². The molecule has 0 saturated heterocycles. The Labute approximate surface area is 165 Å². The molecule has 0 unspecified atom stereocenters. The number of amides is 1. The Balaban J connectivity index is 2.00. The summed E-state index contributed by atoms with van der Waals surface area (Å²) >= 11 is 5.99. The van der Waals surface area contributed by atoms with Crippen LogP contribution in [0.2, 0.25) is 5.02 Å². The molecule has 0 radical (unpaired) electrons. The number of rotatable bonds is 9. The molecule has 0 spiro atoms. The van der Waals surface area contributed by atoms with Crippen LogP contribution < -0.4 is 14.4 Å². The molecule has 0 aliphatic carbocycles. The van der Waals surface area contributed by atoms with Crippen LogP contribution in [0.25, 0.3) is 0 Å². The molecule has 0 aliphatic heterocycles. The van der Waals surface area contributed by atoms with Crippen LogP contribution in [0.3, 0.4) is 0 Å². The minimum absolute atomic E-state index is 0.229. The maximum atomic E-state index is 12.3. The van der Waals surface area contributed by atoms with E-state index in [1.807, 2.05) is 30.3 Å². The topological polar surface area (TPSA) is 75.7 Å². The fraction of sp³-hybridized carbons (Fsp3) is 0.316. The molecule has 27 heavy (non-hydrogen) atoms. The van der Waals surface area contributed by atoms with Crippen LogP contribution in [0, 0.1) is 0 Å². The molecule has 1 N–H and O–H groups in total. The van der Waals surface area contributed by atoms with Crippen molar-refractivity contribution in [1.29, 1.82) is 0 Å². The first-order valence-corrected chi connectivity index (χ1v) is 10.7. The van der Waals surface area contributed by atoms with E-state index >= 15 is 0 Å². The zero-order valence-electron chi connectivity index (χ0n) is 15.3. The number of methoxy groups -OCH3 is 1. The van der Waals surface area contributed by atoms with E-state index in [0.29, 0.717) is 17.3 Å². The lowest BCUT2D eigenvalue weighted by atomic mass is 10.1. The average Bonchev–Trinajstić information content (AvgIpc) is 2.63. The predicted molar refractivity (Wildman–Crippen MR) is 108 cm³/mol. The SMILES string of the molecule is COc1ccc(Cl)cc1N(CC(=O)NCCCc1ccccc1)S(C)(=O)=O. The highest BCUT2D eigenvalue weighted by Crippen LogP contribution is 2.32. The Hall–Kier alpha value is -2.25. The fourth-order valence-electron chi connectivity index (χ4n) is 2.59. The van der Waals surface area contributed by atoms with Gasteiger partial charge in [-0.1, -0.05) is 41.9 Å². The number of hydrogen-bond acceptors (Lipinski definition) is 4. The first kappa shape index (κ1) is 21.1. The number of nitrogens with zero attached hydrogens (tertiary/aromatic N) is 1. The molecule has 0 saturated carbocycles. The minimum Gasteiger partial charge on any atom is -0.495 e. The third-order valence-corrected chi connectivity index (χ3v) is 5.27. The summed E-state index contributed by atoms with van der Waals surface area (Å²) in [4.78, 5) is 12.3. The van der Waals surface area contributed by atoms with Gasteiger partial charge in [0.05, 0.1) is 19.1 Å². The molecule has 6 nitrogen and oxygen atoms in total. The smallest absolute Gasteiger partial charge is 0.240 e. The van der Waals surface area contributed by atoms with Gasteiger partial charge < -0.3 is 10.1 Å². The van der Waals surface area contributed by atoms with Crippen LogP contribution in [-0.2, 0) is 21.2 Å². The second-order valence-corrected chi connectivity index (χ2v) is 8.37. The van der Waals surface area contributed by atoms with E-state index in [4.69, 9.17) is 16.3 Å². The number of carbonyl (C=O) groups is 1. The molecule has 146 valence electrons. The highest BCUT2D eigenvalue weighted by molar-refractivity contribution is 7.92. The molecule has 1 amide bonds. The maximum absolute atomic E-state index is 12.3. The van der Waals surface area contributed by atoms with Gasteiger partial charge in [0.15, 0.2) is 0 Å². The third-order valence-electron chi connectivity index (χ3n) is 3.90. The number of benzene rings is 2. The first-order chi connectivity index (χ1) is 12.8. The summed E-state index contributed by atoms with van der Waals surface area (Å²) in [5.41, 5.74) is 1.42. The molecule has 0 aromatic heterocycles. The molecular formula is C19H23ClN2O4S. The average molecular weight is 411 g/mol. The van der Waals surface area contributed by atoms with Gasteiger partial charge in [-0.25, -0.2) is 8.42 Å². The molecular weight excluding hydrogens is 388 g/mol. The molecule has 2 aromatic carbocycles. The zero-order valence-corrected chi connectivity index (χ0v) is 16.9. The van der Waals surface area contributed by atoms with Gasteiger partial charge >= 0.3 is 0 Å². The number of anilines is 1. The van der Waals surface area contributed by atoms with Gasteiger partial charge in [-0.05, 0) is 36.6 Å². The van der Waals surface area contributed by atoms with Crippen LogP contribution in [0.15, 0.2) is 48.5 Å². The van der Waals surface area contributed by atoms with Crippen molar-refractivity contribution in [3.05, 3.63) is 59.1 Å². The largest absolute Gasteiger partial charge is 0.495 e. The van der Waals surface area contributed by atoms with E-state index < -0.39 is 15.9 Å². The lowest BCUT2D eigenvalue weighted by molar-refractivity contribution is -0.119. The number of aryl methyl sites for hydroxylation is 1. The Morgan fingerprint density at radius 2 is 1.89 bits per heavy atom. The molecule has 2 aromatic rings. The molecule has 0 atom stereocenters. The predicted octanol–water partition coefficient (Wildman–Crippen LogP) is 2.86. The lowest BCUT2D eigenvalue weighted by Crippen LogP contribution is -2.40. The molecule has 2 rings (SSSR count). The highest BCUT2D eigenvalue weighted by Gasteiger charge is 2.24. The minimum atomic E-state index is -3.70. The monoisotopic (exact) mass is 410 g/mol. The Kier molecular flexibility index (Phi) is 7.50. The molecule has 0 heterocycles. The van der Waals surface area contributed by atoms with E-state index in [-0.39, 0.29) is 12.2 Å². The van der Waals surface area contributed by atoms with Gasteiger partial charge in [-0.3, -0.25) is 9.10 Å². The number of hydrogen-bond donors (Lipinski definition) is 1. The summed E-state index contributed by atoms with van der Waals surface area (Å²) in [6.45, 7) is 0.110. The summed E-state index contributed by atoms with van der Waals surface area (Å²) in [5, 5.41) is 3.11. The van der Waals surface area contributed by atoms with Gasteiger partial charge in [0.25, 0.3) is 0 Å². The van der Waals surface area contributed by atoms with E-state index in [2.05, 4.69) is 5.32 Å². The van der Waals surface area contributed by atoms with Gasteiger partial charge in [0.1, 0.15) is 12.3 Å². The van der Waals surface area contributed by atoms with Crippen molar-refractivity contribution in [2.24, 2.45) is 0 Å². The van der Waals surface area contributed by atoms with Crippen molar-refractivity contribution < 1.29 is 17.9 Å². The summed E-state index contributed by atoms with van der Waals surface area (Å²) in [6, 6.07) is 14.6. The third kappa shape index (κ3) is 6.45.